The number of nitrogens with zero attached hydrogens (tertiary/aromatic N) is 1. The number of hydrogen-bond donors (Lipinski definition) is 2. The lowest BCUT2D eigenvalue weighted by molar-refractivity contribution is -0.0213. The Morgan fingerprint density at radius 1 is 1.26 bits per heavy atom. The third-order valence-electron chi connectivity index (χ3n) is 4.15. The monoisotopic (exact) mass is 262 g/mol. The molecule has 106 valence electrons. The number of likely N-dealkylation sites (tertiary alicyclic amines) is 1. The van der Waals surface area contributed by atoms with Crippen LogP contribution in [0.15, 0.2) is 24.3 Å². The summed E-state index contributed by atoms with van der Waals surface area (Å²) in [5.74, 6) is 0. The zero-order valence-corrected chi connectivity index (χ0v) is 12.2. The second-order valence-corrected chi connectivity index (χ2v) is 5.71. The van der Waals surface area contributed by atoms with E-state index >= 15 is 0 Å². The molecule has 0 radical (unpaired) electrons. The number of rotatable bonds is 5. The van der Waals surface area contributed by atoms with Crippen molar-refractivity contribution in [1.82, 2.24) is 10.2 Å². The van der Waals surface area contributed by atoms with Crippen LogP contribution in [-0.4, -0.2) is 41.8 Å². The van der Waals surface area contributed by atoms with Crippen LogP contribution in [-0.2, 0) is 6.54 Å². The standard InChI is InChI=1S/C16H26N2O/c1-3-17-13-16(19)8-10-18(11-9-16)12-15-7-5-4-6-14(15)2/h4-7,17,19H,3,8-13H2,1-2H3. The average molecular weight is 262 g/mol. The number of benzene rings is 1. The zero-order valence-electron chi connectivity index (χ0n) is 12.2. The Morgan fingerprint density at radius 2 is 1.95 bits per heavy atom. The van der Waals surface area contributed by atoms with E-state index in [2.05, 4.69) is 48.3 Å². The molecule has 0 bridgehead atoms. The molecule has 1 heterocycles. The molecule has 0 amide bonds. The van der Waals surface area contributed by atoms with Crippen molar-refractivity contribution in [1.29, 1.82) is 0 Å². The Hall–Kier alpha value is -0.900. The van der Waals surface area contributed by atoms with Crippen LogP contribution in [0.4, 0.5) is 0 Å². The van der Waals surface area contributed by atoms with Gasteiger partial charge in [-0.1, -0.05) is 31.2 Å². The highest BCUT2D eigenvalue weighted by Gasteiger charge is 2.31. The predicted octanol–water partition coefficient (Wildman–Crippen LogP) is 1.93. The molecule has 19 heavy (non-hydrogen) atoms. The molecule has 1 aromatic carbocycles. The van der Waals surface area contributed by atoms with Crippen LogP contribution in [0.25, 0.3) is 0 Å². The summed E-state index contributed by atoms with van der Waals surface area (Å²) in [6, 6.07) is 8.56. The van der Waals surface area contributed by atoms with Gasteiger partial charge in [0.1, 0.15) is 0 Å². The highest BCUT2D eigenvalue weighted by molar-refractivity contribution is 5.25. The van der Waals surface area contributed by atoms with Gasteiger partial charge in [0, 0.05) is 26.2 Å². The van der Waals surface area contributed by atoms with Crippen molar-refractivity contribution < 1.29 is 5.11 Å². The molecule has 1 aliphatic heterocycles. The summed E-state index contributed by atoms with van der Waals surface area (Å²) in [7, 11) is 0. The third kappa shape index (κ3) is 4.03. The smallest absolute Gasteiger partial charge is 0.0795 e. The highest BCUT2D eigenvalue weighted by Crippen LogP contribution is 2.23. The topological polar surface area (TPSA) is 35.5 Å². The van der Waals surface area contributed by atoms with Gasteiger partial charge in [0.15, 0.2) is 0 Å². The number of aliphatic hydroxyl groups is 1. The van der Waals surface area contributed by atoms with E-state index in [9.17, 15) is 5.11 Å². The summed E-state index contributed by atoms with van der Waals surface area (Å²) < 4.78 is 0. The molecular weight excluding hydrogens is 236 g/mol. The summed E-state index contributed by atoms with van der Waals surface area (Å²) in [5.41, 5.74) is 2.26. The van der Waals surface area contributed by atoms with E-state index in [0.29, 0.717) is 0 Å². The summed E-state index contributed by atoms with van der Waals surface area (Å²) in [5, 5.41) is 13.7. The molecular formula is C16H26N2O. The Kier molecular flexibility index (Phi) is 4.97. The van der Waals surface area contributed by atoms with Crippen LogP contribution in [0.1, 0.15) is 30.9 Å². The molecule has 1 aliphatic rings. The van der Waals surface area contributed by atoms with E-state index in [-0.39, 0.29) is 0 Å². The first-order chi connectivity index (χ1) is 9.13. The SMILES string of the molecule is CCNCC1(O)CCN(Cc2ccccc2C)CC1. The molecule has 0 aromatic heterocycles. The zero-order chi connectivity index (χ0) is 13.7. The summed E-state index contributed by atoms with van der Waals surface area (Å²) >= 11 is 0. The fourth-order valence-corrected chi connectivity index (χ4v) is 2.69. The minimum absolute atomic E-state index is 0.502. The van der Waals surface area contributed by atoms with Gasteiger partial charge in [0.2, 0.25) is 0 Å². The van der Waals surface area contributed by atoms with Crippen molar-refractivity contribution in [2.45, 2.75) is 38.8 Å². The van der Waals surface area contributed by atoms with Gasteiger partial charge in [0.25, 0.3) is 0 Å². The predicted molar refractivity (Wildman–Crippen MR) is 79.2 cm³/mol. The van der Waals surface area contributed by atoms with Gasteiger partial charge in [-0.15, -0.1) is 0 Å². The largest absolute Gasteiger partial charge is 0.388 e. The third-order valence-corrected chi connectivity index (χ3v) is 4.15. The van der Waals surface area contributed by atoms with Crippen molar-refractivity contribution >= 4 is 0 Å². The maximum absolute atomic E-state index is 10.5. The molecule has 0 saturated carbocycles. The van der Waals surface area contributed by atoms with Gasteiger partial charge in [0.05, 0.1) is 5.60 Å². The molecule has 0 unspecified atom stereocenters. The van der Waals surface area contributed by atoms with Crippen molar-refractivity contribution in [2.75, 3.05) is 26.2 Å². The van der Waals surface area contributed by atoms with Crippen molar-refractivity contribution in [3.63, 3.8) is 0 Å². The van der Waals surface area contributed by atoms with Gasteiger partial charge in [-0.25, -0.2) is 0 Å². The number of nitrogens with one attached hydrogen (secondary N) is 1. The maximum atomic E-state index is 10.5. The van der Waals surface area contributed by atoms with Crippen molar-refractivity contribution in [3.8, 4) is 0 Å². The minimum atomic E-state index is -0.502. The number of aryl methyl sites for hydroxylation is 1. The molecule has 2 N–H and O–H groups in total. The maximum Gasteiger partial charge on any atom is 0.0795 e. The second kappa shape index (κ2) is 6.51. The number of likely N-dealkylation sites (N-methyl/N-ethyl adjacent to an activating group) is 1. The lowest BCUT2D eigenvalue weighted by Crippen LogP contribution is -2.49. The van der Waals surface area contributed by atoms with E-state index in [1.165, 1.54) is 11.1 Å². The first kappa shape index (κ1) is 14.5. The molecule has 3 nitrogen and oxygen atoms in total. The lowest BCUT2D eigenvalue weighted by Gasteiger charge is -2.38. The van der Waals surface area contributed by atoms with E-state index in [1.807, 2.05) is 0 Å². The Morgan fingerprint density at radius 3 is 2.58 bits per heavy atom. The van der Waals surface area contributed by atoms with E-state index in [1.54, 1.807) is 0 Å². The van der Waals surface area contributed by atoms with Gasteiger partial charge in [-0.2, -0.15) is 0 Å². The molecule has 3 heteroatoms. The van der Waals surface area contributed by atoms with E-state index in [4.69, 9.17) is 0 Å². The van der Waals surface area contributed by atoms with Crippen molar-refractivity contribution in [3.05, 3.63) is 35.4 Å². The quantitative estimate of drug-likeness (QED) is 0.851. The normalized spacial score (nSPS) is 19.5. The Balaban J connectivity index is 1.85. The summed E-state index contributed by atoms with van der Waals surface area (Å²) in [6.45, 7) is 8.87. The molecule has 0 spiro atoms. The molecule has 1 aromatic rings. The van der Waals surface area contributed by atoms with Crippen LogP contribution in [0, 0.1) is 6.92 Å². The first-order valence-electron chi connectivity index (χ1n) is 7.33. The highest BCUT2D eigenvalue weighted by atomic mass is 16.3. The first-order valence-corrected chi connectivity index (χ1v) is 7.33. The van der Waals surface area contributed by atoms with Gasteiger partial charge >= 0.3 is 0 Å². The van der Waals surface area contributed by atoms with Crippen LogP contribution in [0.2, 0.25) is 0 Å². The van der Waals surface area contributed by atoms with Crippen LogP contribution in [0.5, 0.6) is 0 Å². The average Bonchev–Trinajstić information content (AvgIpc) is 2.42. The van der Waals surface area contributed by atoms with Crippen LogP contribution >= 0.6 is 0 Å². The minimum Gasteiger partial charge on any atom is -0.388 e. The van der Waals surface area contributed by atoms with Gasteiger partial charge in [-0.3, -0.25) is 4.90 Å². The molecule has 1 fully saturated rings. The van der Waals surface area contributed by atoms with Crippen LogP contribution < -0.4 is 5.32 Å². The van der Waals surface area contributed by atoms with Gasteiger partial charge in [-0.05, 0) is 37.4 Å². The van der Waals surface area contributed by atoms with E-state index < -0.39 is 5.60 Å². The van der Waals surface area contributed by atoms with Gasteiger partial charge < -0.3 is 10.4 Å². The molecule has 0 aliphatic carbocycles. The lowest BCUT2D eigenvalue weighted by atomic mass is 9.91. The second-order valence-electron chi connectivity index (χ2n) is 5.71. The van der Waals surface area contributed by atoms with Crippen molar-refractivity contribution in [2.24, 2.45) is 0 Å². The Labute approximate surface area is 116 Å². The van der Waals surface area contributed by atoms with E-state index in [0.717, 1.165) is 45.6 Å². The number of piperidine rings is 1. The van der Waals surface area contributed by atoms with Crippen LogP contribution in [0.3, 0.4) is 0 Å². The molecule has 1 saturated heterocycles. The fourth-order valence-electron chi connectivity index (χ4n) is 2.69. The summed E-state index contributed by atoms with van der Waals surface area (Å²) in [4.78, 5) is 2.45. The number of hydrogen-bond acceptors (Lipinski definition) is 3. The summed E-state index contributed by atoms with van der Waals surface area (Å²) in [6.07, 6.45) is 1.73. The molecule has 0 atom stereocenters. The fraction of sp³-hybridized carbons (Fsp3) is 0.625. The molecule has 2 rings (SSSR count). The Bertz CT molecular complexity index is 397.